The molecule has 0 aliphatic carbocycles. The van der Waals surface area contributed by atoms with Gasteiger partial charge in [0, 0.05) is 0 Å². The third-order valence-electron chi connectivity index (χ3n) is 1.61. The van der Waals surface area contributed by atoms with Crippen LogP contribution in [-0.4, -0.2) is 6.61 Å². The second-order valence-electron chi connectivity index (χ2n) is 2.62. The molecule has 0 spiro atoms. The SMILES string of the molecule is C#CCOCc1ccc(F)c(C#N)c1. The smallest absolute Gasteiger partial charge is 0.140 e. The fraction of sp³-hybridized carbons (Fsp3) is 0.182. The van der Waals surface area contributed by atoms with Gasteiger partial charge in [0.05, 0.1) is 12.2 Å². The van der Waals surface area contributed by atoms with Crippen LogP contribution in [0.5, 0.6) is 0 Å². The lowest BCUT2D eigenvalue weighted by atomic mass is 10.1. The number of rotatable bonds is 3. The van der Waals surface area contributed by atoms with E-state index in [0.29, 0.717) is 6.61 Å². The van der Waals surface area contributed by atoms with Crippen LogP contribution in [0.15, 0.2) is 18.2 Å². The molecule has 0 saturated carbocycles. The van der Waals surface area contributed by atoms with Crippen molar-refractivity contribution in [1.29, 1.82) is 5.26 Å². The highest BCUT2D eigenvalue weighted by atomic mass is 19.1. The van der Waals surface area contributed by atoms with E-state index in [1.165, 1.54) is 12.1 Å². The lowest BCUT2D eigenvalue weighted by Crippen LogP contribution is -1.94. The van der Waals surface area contributed by atoms with Gasteiger partial charge in [-0.3, -0.25) is 0 Å². The van der Waals surface area contributed by atoms with Gasteiger partial charge in [-0.15, -0.1) is 6.42 Å². The van der Waals surface area contributed by atoms with Crippen molar-refractivity contribution in [3.8, 4) is 18.4 Å². The van der Waals surface area contributed by atoms with Crippen LogP contribution in [0.1, 0.15) is 11.1 Å². The summed E-state index contributed by atoms with van der Waals surface area (Å²) in [5.74, 6) is 1.80. The fourth-order valence-electron chi connectivity index (χ4n) is 0.976. The Kier molecular flexibility index (Phi) is 3.67. The molecular formula is C11H8FNO. The van der Waals surface area contributed by atoms with Gasteiger partial charge < -0.3 is 4.74 Å². The molecule has 0 fully saturated rings. The van der Waals surface area contributed by atoms with E-state index in [9.17, 15) is 4.39 Å². The first-order valence-corrected chi connectivity index (χ1v) is 3.97. The quantitative estimate of drug-likeness (QED) is 0.537. The molecule has 0 N–H and O–H groups in total. The van der Waals surface area contributed by atoms with Crippen LogP contribution in [0.4, 0.5) is 4.39 Å². The summed E-state index contributed by atoms with van der Waals surface area (Å²) in [5.41, 5.74) is 0.755. The number of benzene rings is 1. The van der Waals surface area contributed by atoms with Gasteiger partial charge in [0.15, 0.2) is 0 Å². The van der Waals surface area contributed by atoms with Gasteiger partial charge in [-0.05, 0) is 17.7 Å². The molecule has 0 heterocycles. The van der Waals surface area contributed by atoms with Crippen molar-refractivity contribution in [3.05, 3.63) is 35.1 Å². The highest BCUT2D eigenvalue weighted by Crippen LogP contribution is 2.10. The molecule has 0 atom stereocenters. The van der Waals surface area contributed by atoms with Crippen molar-refractivity contribution < 1.29 is 9.13 Å². The molecule has 1 aromatic rings. The number of halogens is 1. The average molecular weight is 189 g/mol. The van der Waals surface area contributed by atoms with Gasteiger partial charge in [-0.1, -0.05) is 12.0 Å². The van der Waals surface area contributed by atoms with Gasteiger partial charge in [0.1, 0.15) is 18.5 Å². The third kappa shape index (κ3) is 2.58. The molecule has 0 amide bonds. The minimum absolute atomic E-state index is 0.0202. The average Bonchev–Trinajstić information content (AvgIpc) is 2.21. The van der Waals surface area contributed by atoms with E-state index in [0.717, 1.165) is 5.56 Å². The summed E-state index contributed by atoms with van der Waals surface area (Å²) in [6.45, 7) is 0.498. The molecule has 0 bridgehead atoms. The number of hydrogen-bond donors (Lipinski definition) is 0. The minimum Gasteiger partial charge on any atom is -0.364 e. The Morgan fingerprint density at radius 1 is 1.50 bits per heavy atom. The molecule has 0 saturated heterocycles. The highest BCUT2D eigenvalue weighted by molar-refractivity contribution is 5.34. The van der Waals surface area contributed by atoms with Gasteiger partial charge in [0.2, 0.25) is 0 Å². The molecule has 0 aliphatic heterocycles. The van der Waals surface area contributed by atoms with Gasteiger partial charge in [0.25, 0.3) is 0 Å². The second-order valence-corrected chi connectivity index (χ2v) is 2.62. The summed E-state index contributed by atoms with van der Waals surface area (Å²) in [7, 11) is 0. The van der Waals surface area contributed by atoms with Crippen LogP contribution < -0.4 is 0 Å². The predicted molar refractivity (Wildman–Crippen MR) is 49.6 cm³/mol. The lowest BCUT2D eigenvalue weighted by Gasteiger charge is -2.01. The Bertz CT molecular complexity index is 401. The molecule has 1 rings (SSSR count). The largest absolute Gasteiger partial charge is 0.364 e. The van der Waals surface area contributed by atoms with Crippen molar-refractivity contribution in [2.24, 2.45) is 0 Å². The van der Waals surface area contributed by atoms with Crippen LogP contribution in [0.3, 0.4) is 0 Å². The number of ether oxygens (including phenoxy) is 1. The normalized spacial score (nSPS) is 9.07. The summed E-state index contributed by atoms with van der Waals surface area (Å²) >= 11 is 0. The molecule has 0 aliphatic rings. The zero-order valence-corrected chi connectivity index (χ0v) is 7.46. The molecular weight excluding hydrogens is 181 g/mol. The summed E-state index contributed by atoms with van der Waals surface area (Å²) in [6.07, 6.45) is 4.99. The maximum Gasteiger partial charge on any atom is 0.140 e. The van der Waals surface area contributed by atoms with E-state index in [1.54, 1.807) is 12.1 Å². The zero-order chi connectivity index (χ0) is 10.4. The molecule has 0 aromatic heterocycles. The monoisotopic (exact) mass is 189 g/mol. The van der Waals surface area contributed by atoms with Crippen molar-refractivity contribution in [3.63, 3.8) is 0 Å². The molecule has 3 heteroatoms. The van der Waals surface area contributed by atoms with Crippen LogP contribution in [-0.2, 0) is 11.3 Å². The second kappa shape index (κ2) is 5.01. The number of nitriles is 1. The van der Waals surface area contributed by atoms with Gasteiger partial charge >= 0.3 is 0 Å². The van der Waals surface area contributed by atoms with Crippen molar-refractivity contribution in [2.75, 3.05) is 6.61 Å². The molecule has 0 unspecified atom stereocenters. The number of nitrogens with zero attached hydrogens (tertiary/aromatic N) is 1. The Morgan fingerprint density at radius 2 is 2.29 bits per heavy atom. The number of hydrogen-bond acceptors (Lipinski definition) is 2. The summed E-state index contributed by atoms with van der Waals surface area (Å²) in [4.78, 5) is 0. The van der Waals surface area contributed by atoms with Gasteiger partial charge in [-0.25, -0.2) is 4.39 Å². The lowest BCUT2D eigenvalue weighted by molar-refractivity contribution is 0.153. The molecule has 70 valence electrons. The van der Waals surface area contributed by atoms with Crippen molar-refractivity contribution >= 4 is 0 Å². The van der Waals surface area contributed by atoms with E-state index in [1.807, 2.05) is 0 Å². The molecule has 0 radical (unpaired) electrons. The first kappa shape index (κ1) is 10.2. The Balaban J connectivity index is 2.72. The van der Waals surface area contributed by atoms with Gasteiger partial charge in [-0.2, -0.15) is 5.26 Å². The summed E-state index contributed by atoms with van der Waals surface area (Å²) in [6, 6.07) is 6.01. The zero-order valence-electron chi connectivity index (χ0n) is 7.46. The maximum atomic E-state index is 12.9. The van der Waals surface area contributed by atoms with Crippen LogP contribution >= 0.6 is 0 Å². The molecule has 1 aromatic carbocycles. The standard InChI is InChI=1S/C11H8FNO/c1-2-5-14-8-9-3-4-11(12)10(6-9)7-13/h1,3-4,6H,5,8H2. The van der Waals surface area contributed by atoms with Crippen LogP contribution in [0.2, 0.25) is 0 Å². The van der Waals surface area contributed by atoms with E-state index < -0.39 is 5.82 Å². The highest BCUT2D eigenvalue weighted by Gasteiger charge is 2.02. The van der Waals surface area contributed by atoms with Crippen LogP contribution in [0.25, 0.3) is 0 Å². The van der Waals surface area contributed by atoms with E-state index in [2.05, 4.69) is 5.92 Å². The summed E-state index contributed by atoms with van der Waals surface area (Å²) < 4.78 is 17.9. The summed E-state index contributed by atoms with van der Waals surface area (Å²) in [5, 5.41) is 8.55. The predicted octanol–water partition coefficient (Wildman–Crippen LogP) is 1.85. The van der Waals surface area contributed by atoms with Crippen molar-refractivity contribution in [2.45, 2.75) is 6.61 Å². The van der Waals surface area contributed by atoms with E-state index in [-0.39, 0.29) is 12.2 Å². The van der Waals surface area contributed by atoms with E-state index >= 15 is 0 Å². The maximum absolute atomic E-state index is 12.9. The Hall–Kier alpha value is -1.84. The number of terminal acetylenes is 1. The van der Waals surface area contributed by atoms with Crippen molar-refractivity contribution in [1.82, 2.24) is 0 Å². The minimum atomic E-state index is -0.520. The topological polar surface area (TPSA) is 33.0 Å². The Labute approximate surface area is 81.9 Å². The first-order valence-electron chi connectivity index (χ1n) is 3.97. The Morgan fingerprint density at radius 3 is 2.93 bits per heavy atom. The molecule has 14 heavy (non-hydrogen) atoms. The molecule has 2 nitrogen and oxygen atoms in total. The fourth-order valence-corrected chi connectivity index (χ4v) is 0.976. The first-order chi connectivity index (χ1) is 6.77. The third-order valence-corrected chi connectivity index (χ3v) is 1.61. The van der Waals surface area contributed by atoms with Crippen LogP contribution in [0, 0.1) is 29.5 Å². The van der Waals surface area contributed by atoms with E-state index in [4.69, 9.17) is 16.4 Å².